The van der Waals surface area contributed by atoms with E-state index in [0.29, 0.717) is 0 Å². The van der Waals surface area contributed by atoms with Gasteiger partial charge < -0.3 is 4.90 Å². The third-order valence-electron chi connectivity index (χ3n) is 5.38. The molecule has 1 aliphatic rings. The molecule has 1 aromatic carbocycles. The van der Waals surface area contributed by atoms with Crippen LogP contribution in [0, 0.1) is 18.7 Å². The fraction of sp³-hybridized carbons (Fsp3) is 0.474. The Hall–Kier alpha value is -2.02. The fourth-order valence-electron chi connectivity index (χ4n) is 3.52. The summed E-state index contributed by atoms with van der Waals surface area (Å²) in [5, 5.41) is 8.30. The minimum Gasteiger partial charge on any atom is -0.355 e. The van der Waals surface area contributed by atoms with Crippen molar-refractivity contribution >= 4 is 15.7 Å². The molecule has 0 N–H and O–H groups in total. The third kappa shape index (κ3) is 3.45. The summed E-state index contributed by atoms with van der Waals surface area (Å²) in [5.41, 5.74) is 0.867. The first-order chi connectivity index (χ1) is 12.2. The molecule has 0 amide bonds. The Morgan fingerprint density at radius 3 is 2.38 bits per heavy atom. The summed E-state index contributed by atoms with van der Waals surface area (Å²) >= 11 is 0. The molecule has 26 heavy (non-hydrogen) atoms. The second-order valence-electron chi connectivity index (χ2n) is 7.36. The lowest BCUT2D eigenvalue weighted by Crippen LogP contribution is -2.46. The second-order valence-corrected chi connectivity index (χ2v) is 9.89. The number of benzene rings is 1. The van der Waals surface area contributed by atoms with Gasteiger partial charge in [-0.15, -0.1) is 5.10 Å². The van der Waals surface area contributed by atoms with Gasteiger partial charge in [0.15, 0.2) is 15.7 Å². The maximum absolute atomic E-state index is 13.5. The van der Waals surface area contributed by atoms with Crippen molar-refractivity contribution in [1.29, 1.82) is 0 Å². The quantitative estimate of drug-likeness (QED) is 0.817. The zero-order valence-corrected chi connectivity index (χ0v) is 16.1. The molecular weight excluding hydrogens is 353 g/mol. The van der Waals surface area contributed by atoms with E-state index in [1.807, 2.05) is 19.1 Å². The second kappa shape index (κ2) is 6.95. The molecule has 1 fully saturated rings. The number of nitrogens with zero attached hydrogens (tertiary/aromatic N) is 3. The van der Waals surface area contributed by atoms with Crippen LogP contribution < -0.4 is 4.90 Å². The first-order valence-electron chi connectivity index (χ1n) is 8.77. The largest absolute Gasteiger partial charge is 0.355 e. The minimum atomic E-state index is -3.63. The van der Waals surface area contributed by atoms with Crippen LogP contribution in [-0.2, 0) is 9.84 Å². The van der Waals surface area contributed by atoms with Crippen molar-refractivity contribution in [3.8, 4) is 0 Å². The average Bonchev–Trinajstić information content (AvgIpc) is 2.62. The van der Waals surface area contributed by atoms with Crippen molar-refractivity contribution < 1.29 is 12.8 Å². The van der Waals surface area contributed by atoms with Gasteiger partial charge in [-0.3, -0.25) is 0 Å². The average molecular weight is 377 g/mol. The Bertz CT molecular complexity index is 874. The Kier molecular flexibility index (Phi) is 5.01. The van der Waals surface area contributed by atoms with Crippen molar-refractivity contribution in [3.63, 3.8) is 0 Å². The smallest absolute Gasteiger partial charge is 0.183 e. The molecule has 0 unspecified atom stereocenters. The van der Waals surface area contributed by atoms with E-state index in [1.165, 1.54) is 18.2 Å². The van der Waals surface area contributed by atoms with Crippen LogP contribution in [0.5, 0.6) is 0 Å². The minimum absolute atomic E-state index is 0.00887. The fourth-order valence-corrected chi connectivity index (χ4v) is 5.33. The number of hydrogen-bond donors (Lipinski definition) is 0. The predicted molar refractivity (Wildman–Crippen MR) is 99.4 cm³/mol. The van der Waals surface area contributed by atoms with E-state index >= 15 is 0 Å². The predicted octanol–water partition coefficient (Wildman–Crippen LogP) is 3.39. The summed E-state index contributed by atoms with van der Waals surface area (Å²) in [7, 11) is -3.63. The van der Waals surface area contributed by atoms with Crippen LogP contribution in [0.15, 0.2) is 41.3 Å². The molecule has 2 heterocycles. The maximum Gasteiger partial charge on any atom is 0.183 e. The van der Waals surface area contributed by atoms with Crippen LogP contribution in [0.4, 0.5) is 10.2 Å². The van der Waals surface area contributed by atoms with E-state index in [2.05, 4.69) is 15.1 Å². The molecule has 0 saturated carbocycles. The number of aromatic nitrogens is 2. The van der Waals surface area contributed by atoms with Crippen LogP contribution in [0.25, 0.3) is 0 Å². The highest BCUT2D eigenvalue weighted by Gasteiger charge is 2.44. The summed E-state index contributed by atoms with van der Waals surface area (Å²) in [6, 6.07) is 9.14. The normalized spacial score (nSPS) is 16.7. The molecule has 2 aromatic rings. The van der Waals surface area contributed by atoms with Gasteiger partial charge in [0.05, 0.1) is 15.3 Å². The Labute approximate surface area is 154 Å². The molecule has 0 atom stereocenters. The lowest BCUT2D eigenvalue weighted by molar-refractivity contribution is 0.323. The topological polar surface area (TPSA) is 63.2 Å². The standard InChI is InChI=1S/C19H24FN3O2S/c1-14-7-8-18(22-21-14)23-11-9-15(10-12-23)19(2,3)26(24,25)17-6-4-5-16(20)13-17/h4-8,13,15H,9-12H2,1-3H3. The van der Waals surface area contributed by atoms with Gasteiger partial charge in [-0.2, -0.15) is 5.10 Å². The number of rotatable bonds is 4. The number of anilines is 1. The summed E-state index contributed by atoms with van der Waals surface area (Å²) in [4.78, 5) is 2.18. The molecule has 1 saturated heterocycles. The lowest BCUT2D eigenvalue weighted by Gasteiger charge is -2.40. The first kappa shape index (κ1) is 18.8. The van der Waals surface area contributed by atoms with Gasteiger partial charge in [0.2, 0.25) is 0 Å². The highest BCUT2D eigenvalue weighted by molar-refractivity contribution is 7.92. The molecule has 0 bridgehead atoms. The van der Waals surface area contributed by atoms with Crippen LogP contribution >= 0.6 is 0 Å². The number of piperidine rings is 1. The van der Waals surface area contributed by atoms with Crippen LogP contribution in [0.3, 0.4) is 0 Å². The van der Waals surface area contributed by atoms with Gasteiger partial charge >= 0.3 is 0 Å². The Morgan fingerprint density at radius 2 is 1.81 bits per heavy atom. The Balaban J connectivity index is 1.76. The Morgan fingerprint density at radius 1 is 1.12 bits per heavy atom. The van der Waals surface area contributed by atoms with Gasteiger partial charge in [-0.05, 0) is 69.9 Å². The number of aryl methyl sites for hydroxylation is 1. The number of sulfone groups is 1. The third-order valence-corrected chi connectivity index (χ3v) is 7.98. The van der Waals surface area contributed by atoms with Gasteiger partial charge in [-0.1, -0.05) is 6.07 Å². The lowest BCUT2D eigenvalue weighted by atomic mass is 9.86. The summed E-state index contributed by atoms with van der Waals surface area (Å²) in [5.74, 6) is 0.278. The summed E-state index contributed by atoms with van der Waals surface area (Å²) < 4.78 is 38.7. The monoisotopic (exact) mass is 377 g/mol. The van der Waals surface area contributed by atoms with Gasteiger partial charge in [0.1, 0.15) is 5.82 Å². The zero-order valence-electron chi connectivity index (χ0n) is 15.3. The van der Waals surface area contributed by atoms with E-state index < -0.39 is 20.4 Å². The molecule has 1 aromatic heterocycles. The van der Waals surface area contributed by atoms with Crippen molar-refractivity contribution in [2.24, 2.45) is 5.92 Å². The van der Waals surface area contributed by atoms with Crippen molar-refractivity contribution in [2.45, 2.75) is 43.3 Å². The highest BCUT2D eigenvalue weighted by atomic mass is 32.2. The van der Waals surface area contributed by atoms with E-state index in [-0.39, 0.29) is 10.8 Å². The zero-order chi connectivity index (χ0) is 18.9. The molecule has 0 aliphatic carbocycles. The molecular formula is C19H24FN3O2S. The van der Waals surface area contributed by atoms with Crippen molar-refractivity contribution in [3.05, 3.63) is 47.9 Å². The van der Waals surface area contributed by atoms with Gasteiger partial charge in [0, 0.05) is 13.1 Å². The van der Waals surface area contributed by atoms with E-state index in [4.69, 9.17) is 0 Å². The molecule has 0 radical (unpaired) electrons. The van der Waals surface area contributed by atoms with Crippen LogP contribution in [0.2, 0.25) is 0 Å². The van der Waals surface area contributed by atoms with Gasteiger partial charge in [0.25, 0.3) is 0 Å². The number of halogens is 1. The molecule has 1 aliphatic heterocycles. The summed E-state index contributed by atoms with van der Waals surface area (Å²) in [6.07, 6.45) is 1.47. The molecule has 0 spiro atoms. The van der Waals surface area contributed by atoms with E-state index in [0.717, 1.165) is 43.5 Å². The van der Waals surface area contributed by atoms with Gasteiger partial charge in [-0.25, -0.2) is 12.8 Å². The summed E-state index contributed by atoms with van der Waals surface area (Å²) in [6.45, 7) is 6.84. The number of hydrogen-bond acceptors (Lipinski definition) is 5. The SMILES string of the molecule is Cc1ccc(N2CCC(C(C)(C)S(=O)(=O)c3cccc(F)c3)CC2)nn1. The van der Waals surface area contributed by atoms with Crippen molar-refractivity contribution in [2.75, 3.05) is 18.0 Å². The molecule has 140 valence electrons. The molecule has 5 nitrogen and oxygen atoms in total. The highest BCUT2D eigenvalue weighted by Crippen LogP contribution is 2.38. The maximum atomic E-state index is 13.5. The molecule has 3 rings (SSSR count). The molecule has 7 heteroatoms. The first-order valence-corrected chi connectivity index (χ1v) is 10.3. The van der Waals surface area contributed by atoms with E-state index in [1.54, 1.807) is 13.8 Å². The van der Waals surface area contributed by atoms with Crippen LogP contribution in [0.1, 0.15) is 32.4 Å². The van der Waals surface area contributed by atoms with Crippen molar-refractivity contribution in [1.82, 2.24) is 10.2 Å². The van der Waals surface area contributed by atoms with Crippen LogP contribution in [-0.4, -0.2) is 36.5 Å². The van der Waals surface area contributed by atoms with E-state index in [9.17, 15) is 12.8 Å².